The molecule has 0 spiro atoms. The predicted molar refractivity (Wildman–Crippen MR) is 77.9 cm³/mol. The second kappa shape index (κ2) is 6.92. The Morgan fingerprint density at radius 2 is 2.20 bits per heavy atom. The number of hydrogen-bond acceptors (Lipinski definition) is 5. The molecular formula is C15H24N2O3. The van der Waals surface area contributed by atoms with Gasteiger partial charge in [0.1, 0.15) is 11.5 Å². The molecule has 1 heterocycles. The molecular weight excluding hydrogens is 256 g/mol. The summed E-state index contributed by atoms with van der Waals surface area (Å²) in [6.45, 7) is 2.25. The van der Waals surface area contributed by atoms with Crippen LogP contribution in [0.2, 0.25) is 0 Å². The van der Waals surface area contributed by atoms with Crippen LogP contribution in [0, 0.1) is 0 Å². The van der Waals surface area contributed by atoms with Gasteiger partial charge in [0.25, 0.3) is 0 Å². The summed E-state index contributed by atoms with van der Waals surface area (Å²) < 4.78 is 10.5. The van der Waals surface area contributed by atoms with Crippen LogP contribution in [-0.2, 0) is 11.3 Å². The topological polar surface area (TPSA) is 68.0 Å². The van der Waals surface area contributed by atoms with Crippen LogP contribution in [0.5, 0.6) is 11.5 Å². The smallest absolute Gasteiger partial charge is 0.123 e. The van der Waals surface area contributed by atoms with Crippen molar-refractivity contribution in [1.82, 2.24) is 4.90 Å². The van der Waals surface area contributed by atoms with Crippen molar-refractivity contribution in [1.29, 1.82) is 0 Å². The second-order valence-corrected chi connectivity index (χ2v) is 5.24. The first-order valence-electron chi connectivity index (χ1n) is 7.00. The van der Waals surface area contributed by atoms with Gasteiger partial charge in [-0.2, -0.15) is 0 Å². The van der Waals surface area contributed by atoms with E-state index in [9.17, 15) is 5.11 Å². The van der Waals surface area contributed by atoms with E-state index in [-0.39, 0.29) is 5.75 Å². The van der Waals surface area contributed by atoms with Gasteiger partial charge < -0.3 is 20.3 Å². The SMILES string of the molecule is COc1ccc(CN2CCC(OC)CC2CN)c(O)c1. The summed E-state index contributed by atoms with van der Waals surface area (Å²) in [6.07, 6.45) is 2.25. The molecule has 0 radical (unpaired) electrons. The third-order valence-electron chi connectivity index (χ3n) is 4.06. The molecule has 1 aliphatic heterocycles. The maximum atomic E-state index is 10.0. The fourth-order valence-corrected chi connectivity index (χ4v) is 2.75. The minimum absolute atomic E-state index is 0.272. The number of nitrogens with zero attached hydrogens (tertiary/aromatic N) is 1. The zero-order valence-corrected chi connectivity index (χ0v) is 12.2. The molecule has 5 nitrogen and oxygen atoms in total. The predicted octanol–water partition coefficient (Wildman–Crippen LogP) is 1.34. The summed E-state index contributed by atoms with van der Waals surface area (Å²) in [7, 11) is 3.34. The Bertz CT molecular complexity index is 439. The Labute approximate surface area is 120 Å². The standard InChI is InChI=1S/C15H24N2O3/c1-19-13-4-3-11(15(18)8-13)10-17-6-5-14(20-2)7-12(17)9-16/h3-4,8,12,14,18H,5-7,9-10,16H2,1-2H3. The molecule has 3 N–H and O–H groups in total. The lowest BCUT2D eigenvalue weighted by molar-refractivity contribution is 0.0100. The molecule has 5 heteroatoms. The molecule has 20 heavy (non-hydrogen) atoms. The van der Waals surface area contributed by atoms with E-state index in [1.165, 1.54) is 0 Å². The highest BCUT2D eigenvalue weighted by molar-refractivity contribution is 5.39. The third kappa shape index (κ3) is 3.42. The minimum atomic E-state index is 0.272. The van der Waals surface area contributed by atoms with E-state index >= 15 is 0 Å². The largest absolute Gasteiger partial charge is 0.507 e. The summed E-state index contributed by atoms with van der Waals surface area (Å²) in [5.74, 6) is 0.939. The van der Waals surface area contributed by atoms with Crippen LogP contribution < -0.4 is 10.5 Å². The molecule has 0 amide bonds. The van der Waals surface area contributed by atoms with E-state index in [2.05, 4.69) is 4.90 Å². The summed E-state index contributed by atoms with van der Waals surface area (Å²) >= 11 is 0. The van der Waals surface area contributed by atoms with E-state index in [0.29, 0.717) is 31.0 Å². The number of ether oxygens (including phenoxy) is 2. The van der Waals surface area contributed by atoms with Gasteiger partial charge >= 0.3 is 0 Å². The lowest BCUT2D eigenvalue weighted by atomic mass is 9.98. The number of piperidine rings is 1. The zero-order valence-electron chi connectivity index (χ0n) is 12.2. The first-order valence-corrected chi connectivity index (χ1v) is 7.00. The first kappa shape index (κ1) is 15.1. The second-order valence-electron chi connectivity index (χ2n) is 5.24. The Morgan fingerprint density at radius 1 is 1.40 bits per heavy atom. The van der Waals surface area contributed by atoms with Crippen LogP contribution in [0.4, 0.5) is 0 Å². The van der Waals surface area contributed by atoms with E-state index in [1.54, 1.807) is 20.3 Å². The van der Waals surface area contributed by atoms with E-state index in [4.69, 9.17) is 15.2 Å². The number of phenolic OH excluding ortho intramolecular Hbond substituents is 1. The molecule has 2 rings (SSSR count). The highest BCUT2D eigenvalue weighted by Gasteiger charge is 2.27. The molecule has 0 bridgehead atoms. The number of hydrogen-bond donors (Lipinski definition) is 2. The molecule has 112 valence electrons. The van der Waals surface area contributed by atoms with E-state index in [1.807, 2.05) is 12.1 Å². The lowest BCUT2D eigenvalue weighted by Crippen LogP contribution is -2.47. The summed E-state index contributed by atoms with van der Waals surface area (Å²) in [6, 6.07) is 5.72. The summed E-state index contributed by atoms with van der Waals surface area (Å²) in [5.41, 5.74) is 6.77. The van der Waals surface area contributed by atoms with Crippen LogP contribution in [0.3, 0.4) is 0 Å². The molecule has 0 aliphatic carbocycles. The molecule has 1 saturated heterocycles. The molecule has 2 unspecified atom stereocenters. The minimum Gasteiger partial charge on any atom is -0.507 e. The number of aromatic hydroxyl groups is 1. The van der Waals surface area contributed by atoms with Gasteiger partial charge in [-0.1, -0.05) is 6.07 Å². The number of rotatable bonds is 5. The van der Waals surface area contributed by atoms with Crippen molar-refractivity contribution >= 4 is 0 Å². The van der Waals surface area contributed by atoms with Gasteiger partial charge in [0.05, 0.1) is 13.2 Å². The van der Waals surface area contributed by atoms with Crippen molar-refractivity contribution in [3.8, 4) is 11.5 Å². The molecule has 2 atom stereocenters. The van der Waals surface area contributed by atoms with Gasteiger partial charge in [0.2, 0.25) is 0 Å². The summed E-state index contributed by atoms with van der Waals surface area (Å²) in [4.78, 5) is 2.32. The maximum absolute atomic E-state index is 10.0. The van der Waals surface area contributed by atoms with Crippen molar-refractivity contribution in [2.24, 2.45) is 5.73 Å². The van der Waals surface area contributed by atoms with Gasteiger partial charge in [-0.15, -0.1) is 0 Å². The molecule has 1 aromatic carbocycles. The number of nitrogens with two attached hydrogens (primary N) is 1. The fourth-order valence-electron chi connectivity index (χ4n) is 2.75. The monoisotopic (exact) mass is 280 g/mol. The Hall–Kier alpha value is -1.30. The average molecular weight is 280 g/mol. The van der Waals surface area contributed by atoms with Gasteiger partial charge in [-0.05, 0) is 18.9 Å². The number of likely N-dealkylation sites (tertiary alicyclic amines) is 1. The van der Waals surface area contributed by atoms with Gasteiger partial charge in [0.15, 0.2) is 0 Å². The van der Waals surface area contributed by atoms with Crippen LogP contribution in [0.1, 0.15) is 18.4 Å². The Kier molecular flexibility index (Phi) is 5.23. The highest BCUT2D eigenvalue weighted by atomic mass is 16.5. The summed E-state index contributed by atoms with van der Waals surface area (Å²) in [5, 5.41) is 10.0. The molecule has 1 fully saturated rings. The molecule has 0 saturated carbocycles. The van der Waals surface area contributed by atoms with Crippen molar-refractivity contribution in [3.63, 3.8) is 0 Å². The van der Waals surface area contributed by atoms with Crippen molar-refractivity contribution in [3.05, 3.63) is 23.8 Å². The molecule has 0 aromatic heterocycles. The van der Waals surface area contributed by atoms with E-state index in [0.717, 1.165) is 24.9 Å². The van der Waals surface area contributed by atoms with Crippen molar-refractivity contribution < 1.29 is 14.6 Å². The lowest BCUT2D eigenvalue weighted by Gasteiger charge is -2.38. The average Bonchev–Trinajstić information content (AvgIpc) is 2.49. The number of benzene rings is 1. The first-order chi connectivity index (χ1) is 9.67. The Balaban J connectivity index is 2.05. The third-order valence-corrected chi connectivity index (χ3v) is 4.06. The van der Waals surface area contributed by atoms with Crippen LogP contribution in [0.15, 0.2) is 18.2 Å². The Morgan fingerprint density at radius 3 is 2.80 bits per heavy atom. The van der Waals surface area contributed by atoms with Crippen LogP contribution in [0.25, 0.3) is 0 Å². The molecule has 1 aliphatic rings. The quantitative estimate of drug-likeness (QED) is 0.852. The zero-order chi connectivity index (χ0) is 14.5. The van der Waals surface area contributed by atoms with Crippen LogP contribution >= 0.6 is 0 Å². The maximum Gasteiger partial charge on any atom is 0.123 e. The normalized spacial score (nSPS) is 23.8. The van der Waals surface area contributed by atoms with Crippen LogP contribution in [-0.4, -0.2) is 49.5 Å². The molecule has 1 aromatic rings. The number of phenols is 1. The van der Waals surface area contributed by atoms with Gasteiger partial charge in [-0.3, -0.25) is 4.90 Å². The van der Waals surface area contributed by atoms with Crippen molar-refractivity contribution in [2.45, 2.75) is 31.5 Å². The van der Waals surface area contributed by atoms with Crippen molar-refractivity contribution in [2.75, 3.05) is 27.3 Å². The van der Waals surface area contributed by atoms with E-state index < -0.39 is 0 Å². The number of methoxy groups -OCH3 is 2. The van der Waals surface area contributed by atoms with Gasteiger partial charge in [-0.25, -0.2) is 0 Å². The van der Waals surface area contributed by atoms with Gasteiger partial charge in [0, 0.05) is 44.4 Å². The fraction of sp³-hybridized carbons (Fsp3) is 0.600. The highest BCUT2D eigenvalue weighted by Crippen LogP contribution is 2.27.